The number of aromatic nitrogens is 5. The van der Waals surface area contributed by atoms with Gasteiger partial charge in [-0.1, -0.05) is 48.2 Å². The molecular formula is C23H21N5S. The molecule has 0 N–H and O–H groups in total. The Morgan fingerprint density at radius 2 is 1.72 bits per heavy atom. The van der Waals surface area contributed by atoms with Crippen LogP contribution in [-0.4, -0.2) is 24.2 Å². The molecular weight excluding hydrogens is 378 g/mol. The van der Waals surface area contributed by atoms with Gasteiger partial charge in [-0.25, -0.2) is 4.52 Å². The van der Waals surface area contributed by atoms with Gasteiger partial charge in [-0.05, 0) is 55.2 Å². The van der Waals surface area contributed by atoms with Crippen molar-refractivity contribution in [3.63, 3.8) is 0 Å². The first kappa shape index (κ1) is 17.9. The molecule has 0 amide bonds. The summed E-state index contributed by atoms with van der Waals surface area (Å²) in [6.45, 7) is 6.39. The summed E-state index contributed by atoms with van der Waals surface area (Å²) in [7, 11) is 0. The third kappa shape index (κ3) is 3.19. The lowest BCUT2D eigenvalue weighted by molar-refractivity contribution is 0.895. The van der Waals surface area contributed by atoms with E-state index in [-0.39, 0.29) is 0 Å². The summed E-state index contributed by atoms with van der Waals surface area (Å²) in [6.07, 6.45) is 3.95. The Hall–Kier alpha value is -3.12. The molecule has 5 rings (SSSR count). The molecule has 0 atom stereocenters. The zero-order chi connectivity index (χ0) is 20.0. The molecule has 2 aromatic carbocycles. The van der Waals surface area contributed by atoms with Crippen molar-refractivity contribution >= 4 is 22.9 Å². The summed E-state index contributed by atoms with van der Waals surface area (Å²) >= 11 is 1.70. The van der Waals surface area contributed by atoms with Crippen LogP contribution in [0.25, 0.3) is 22.4 Å². The zero-order valence-corrected chi connectivity index (χ0v) is 17.4. The number of benzene rings is 2. The van der Waals surface area contributed by atoms with E-state index in [4.69, 9.17) is 5.10 Å². The molecule has 0 saturated heterocycles. The number of aryl methyl sites for hydroxylation is 3. The van der Waals surface area contributed by atoms with Crippen molar-refractivity contribution in [2.24, 2.45) is 0 Å². The smallest absolute Gasteiger partial charge is 0.196 e. The highest BCUT2D eigenvalue weighted by molar-refractivity contribution is 7.98. The van der Waals surface area contributed by atoms with Crippen LogP contribution in [0, 0.1) is 20.8 Å². The van der Waals surface area contributed by atoms with Gasteiger partial charge >= 0.3 is 0 Å². The fourth-order valence-corrected chi connectivity index (χ4v) is 4.44. The monoisotopic (exact) mass is 399 g/mol. The van der Waals surface area contributed by atoms with Gasteiger partial charge in [0.25, 0.3) is 0 Å². The Kier molecular flexibility index (Phi) is 4.36. The predicted octanol–water partition coefficient (Wildman–Crippen LogP) is 5.26. The second-order valence-corrected chi connectivity index (χ2v) is 8.29. The van der Waals surface area contributed by atoms with Crippen molar-refractivity contribution < 1.29 is 0 Å². The van der Waals surface area contributed by atoms with Crippen LogP contribution in [0.2, 0.25) is 0 Å². The Morgan fingerprint density at radius 1 is 0.862 bits per heavy atom. The fourth-order valence-electron chi connectivity index (χ4n) is 3.45. The number of hydrogen-bond acceptors (Lipinski definition) is 4. The van der Waals surface area contributed by atoms with E-state index in [0.717, 1.165) is 33.3 Å². The fraction of sp³-hybridized carbons (Fsp3) is 0.174. The minimum absolute atomic E-state index is 0.822. The summed E-state index contributed by atoms with van der Waals surface area (Å²) in [5, 5.41) is 14.5. The van der Waals surface area contributed by atoms with E-state index in [0.29, 0.717) is 0 Å². The molecule has 0 saturated carbocycles. The summed E-state index contributed by atoms with van der Waals surface area (Å²) in [5.41, 5.74) is 9.00. The Labute approximate surface area is 173 Å². The molecule has 0 aliphatic rings. The first-order valence-corrected chi connectivity index (χ1v) is 10.6. The molecule has 0 aliphatic heterocycles. The topological polar surface area (TPSA) is 47.5 Å². The average Bonchev–Trinajstić information content (AvgIpc) is 3.33. The van der Waals surface area contributed by atoms with Crippen LogP contribution in [0.3, 0.4) is 0 Å². The maximum Gasteiger partial charge on any atom is 0.196 e. The van der Waals surface area contributed by atoms with Gasteiger partial charge in [0.15, 0.2) is 10.8 Å². The molecule has 3 aromatic heterocycles. The minimum Gasteiger partial charge on any atom is -0.274 e. The number of rotatable bonds is 4. The summed E-state index contributed by atoms with van der Waals surface area (Å²) in [4.78, 5) is 0. The molecule has 6 heteroatoms. The summed E-state index contributed by atoms with van der Waals surface area (Å²) < 4.78 is 3.93. The van der Waals surface area contributed by atoms with Crippen LogP contribution in [0.5, 0.6) is 0 Å². The highest BCUT2D eigenvalue weighted by atomic mass is 32.2. The SMILES string of the molecule is Cc1ccc(-c2cc3c4nnc(SCc5ccccc5C)n4ccn3n2)cc1C. The standard InChI is InChI=1S/C23H21N5S/c1-15-8-9-18(12-17(15)3)20-13-21-22-24-25-23(27(22)10-11-28(21)26-20)29-14-19-7-5-4-6-16(19)2/h4-13H,14H2,1-3H3. The molecule has 0 spiro atoms. The predicted molar refractivity (Wildman–Crippen MR) is 117 cm³/mol. The molecule has 0 aliphatic carbocycles. The van der Waals surface area contributed by atoms with E-state index >= 15 is 0 Å². The highest BCUT2D eigenvalue weighted by Crippen LogP contribution is 2.27. The van der Waals surface area contributed by atoms with Crippen molar-refractivity contribution in [2.75, 3.05) is 0 Å². The second-order valence-electron chi connectivity index (χ2n) is 7.35. The largest absolute Gasteiger partial charge is 0.274 e. The molecule has 3 heterocycles. The van der Waals surface area contributed by atoms with Gasteiger partial charge in [0.05, 0.1) is 5.69 Å². The van der Waals surface area contributed by atoms with Gasteiger partial charge in [-0.3, -0.25) is 4.40 Å². The Balaban J connectivity index is 1.51. The average molecular weight is 400 g/mol. The van der Waals surface area contributed by atoms with Crippen molar-refractivity contribution in [3.05, 3.63) is 83.2 Å². The molecule has 0 unspecified atom stereocenters. The van der Waals surface area contributed by atoms with Crippen LogP contribution in [0.4, 0.5) is 0 Å². The molecule has 0 fully saturated rings. The Bertz CT molecular complexity index is 1350. The number of nitrogens with zero attached hydrogens (tertiary/aromatic N) is 5. The number of hydrogen-bond donors (Lipinski definition) is 0. The van der Waals surface area contributed by atoms with Crippen LogP contribution in [0.1, 0.15) is 22.3 Å². The van der Waals surface area contributed by atoms with Gasteiger partial charge < -0.3 is 0 Å². The molecule has 0 radical (unpaired) electrons. The van der Waals surface area contributed by atoms with E-state index in [9.17, 15) is 0 Å². The van der Waals surface area contributed by atoms with E-state index in [1.54, 1.807) is 11.8 Å². The van der Waals surface area contributed by atoms with E-state index in [2.05, 4.69) is 79.5 Å². The van der Waals surface area contributed by atoms with Gasteiger partial charge in [0.1, 0.15) is 5.52 Å². The second kappa shape index (κ2) is 7.04. The Morgan fingerprint density at radius 3 is 2.55 bits per heavy atom. The van der Waals surface area contributed by atoms with Crippen molar-refractivity contribution in [2.45, 2.75) is 31.7 Å². The van der Waals surface area contributed by atoms with Crippen molar-refractivity contribution in [1.29, 1.82) is 0 Å². The molecule has 144 valence electrons. The number of fused-ring (bicyclic) bond motifs is 3. The first-order chi connectivity index (χ1) is 14.1. The van der Waals surface area contributed by atoms with E-state index in [1.165, 1.54) is 22.3 Å². The lowest BCUT2D eigenvalue weighted by Crippen LogP contribution is -1.94. The highest BCUT2D eigenvalue weighted by Gasteiger charge is 2.13. The lowest BCUT2D eigenvalue weighted by Gasteiger charge is -2.04. The minimum atomic E-state index is 0.822. The normalized spacial score (nSPS) is 11.6. The van der Waals surface area contributed by atoms with Crippen LogP contribution in [-0.2, 0) is 5.75 Å². The van der Waals surface area contributed by atoms with Crippen LogP contribution < -0.4 is 0 Å². The van der Waals surface area contributed by atoms with E-state index in [1.807, 2.05) is 21.3 Å². The van der Waals surface area contributed by atoms with Crippen LogP contribution >= 0.6 is 11.8 Å². The summed E-state index contributed by atoms with van der Waals surface area (Å²) in [6, 6.07) is 17.0. The maximum atomic E-state index is 4.75. The van der Waals surface area contributed by atoms with Crippen LogP contribution in [0.15, 0.2) is 66.1 Å². The number of thioether (sulfide) groups is 1. The van der Waals surface area contributed by atoms with Gasteiger partial charge in [-0.15, -0.1) is 10.2 Å². The molecule has 5 aromatic rings. The van der Waals surface area contributed by atoms with Gasteiger partial charge in [0, 0.05) is 23.7 Å². The van der Waals surface area contributed by atoms with Crippen molar-refractivity contribution in [1.82, 2.24) is 24.2 Å². The van der Waals surface area contributed by atoms with E-state index < -0.39 is 0 Å². The lowest BCUT2D eigenvalue weighted by atomic mass is 10.0. The quantitative estimate of drug-likeness (QED) is 0.387. The van der Waals surface area contributed by atoms with Gasteiger partial charge in [0.2, 0.25) is 0 Å². The molecule has 0 bridgehead atoms. The third-order valence-electron chi connectivity index (χ3n) is 5.41. The molecule has 5 nitrogen and oxygen atoms in total. The third-order valence-corrected chi connectivity index (χ3v) is 6.40. The van der Waals surface area contributed by atoms with Gasteiger partial charge in [-0.2, -0.15) is 5.10 Å². The van der Waals surface area contributed by atoms with Crippen molar-refractivity contribution in [3.8, 4) is 11.3 Å². The maximum absolute atomic E-state index is 4.75. The zero-order valence-electron chi connectivity index (χ0n) is 16.6. The molecule has 29 heavy (non-hydrogen) atoms. The first-order valence-electron chi connectivity index (χ1n) is 9.58. The summed E-state index contributed by atoms with van der Waals surface area (Å²) in [5.74, 6) is 0.867.